The number of nitrogens with one attached hydrogen (secondary N) is 1. The molecule has 0 spiro atoms. The number of rotatable bonds is 4. The second-order valence-corrected chi connectivity index (χ2v) is 6.47. The topological polar surface area (TPSA) is 66.4 Å². The number of aliphatic carboxylic acids is 1. The zero-order valence-electron chi connectivity index (χ0n) is 9.37. The molecule has 0 unspecified atom stereocenters. The molecule has 1 aromatic rings. The van der Waals surface area contributed by atoms with E-state index in [0.29, 0.717) is 18.4 Å². The Balaban J connectivity index is 2.04. The van der Waals surface area contributed by atoms with Gasteiger partial charge in [-0.1, -0.05) is 15.9 Å². The maximum Gasteiger partial charge on any atom is 0.311 e. The maximum absolute atomic E-state index is 12.0. The van der Waals surface area contributed by atoms with E-state index in [2.05, 4.69) is 43.8 Å². The van der Waals surface area contributed by atoms with Crippen molar-refractivity contribution in [2.75, 3.05) is 6.54 Å². The first-order valence-electron chi connectivity index (χ1n) is 5.41. The molecule has 18 heavy (non-hydrogen) atoms. The van der Waals surface area contributed by atoms with E-state index in [1.807, 2.05) is 12.1 Å². The third-order valence-corrected chi connectivity index (χ3v) is 4.50. The summed E-state index contributed by atoms with van der Waals surface area (Å²) in [4.78, 5) is 23.0. The Hall–Kier alpha value is -0.630. The first-order chi connectivity index (χ1) is 8.44. The van der Waals surface area contributed by atoms with Crippen LogP contribution in [0.3, 0.4) is 0 Å². The summed E-state index contributed by atoms with van der Waals surface area (Å²) in [5.74, 6) is -1.06. The summed E-state index contributed by atoms with van der Waals surface area (Å²) >= 11 is 5.40. The van der Waals surface area contributed by atoms with Gasteiger partial charge < -0.3 is 10.4 Å². The van der Waals surface area contributed by atoms with Crippen LogP contribution in [0.5, 0.6) is 0 Å². The molecular weight excluding hydrogens is 413 g/mol. The van der Waals surface area contributed by atoms with E-state index in [1.54, 1.807) is 6.07 Å². The molecule has 6 heteroatoms. The highest BCUT2D eigenvalue weighted by molar-refractivity contribution is 14.1. The molecule has 2 rings (SSSR count). The quantitative estimate of drug-likeness (QED) is 0.731. The zero-order valence-corrected chi connectivity index (χ0v) is 13.1. The number of halogens is 2. The lowest BCUT2D eigenvalue weighted by Crippen LogP contribution is -2.34. The van der Waals surface area contributed by atoms with Gasteiger partial charge in [-0.15, -0.1) is 0 Å². The highest BCUT2D eigenvalue weighted by Crippen LogP contribution is 2.45. The minimum absolute atomic E-state index is 0.198. The van der Waals surface area contributed by atoms with E-state index in [1.165, 1.54) is 0 Å². The molecule has 1 aliphatic rings. The maximum atomic E-state index is 12.0. The molecule has 1 aromatic carbocycles. The van der Waals surface area contributed by atoms with E-state index >= 15 is 0 Å². The van der Waals surface area contributed by atoms with Crippen LogP contribution in [0.15, 0.2) is 22.7 Å². The fraction of sp³-hybridized carbons (Fsp3) is 0.333. The van der Waals surface area contributed by atoms with Crippen LogP contribution in [0.25, 0.3) is 0 Å². The predicted octanol–water partition coefficient (Wildman–Crippen LogP) is 2.65. The van der Waals surface area contributed by atoms with Crippen molar-refractivity contribution in [2.24, 2.45) is 5.41 Å². The first kappa shape index (κ1) is 13.8. The monoisotopic (exact) mass is 423 g/mol. The molecule has 0 bridgehead atoms. The molecule has 0 aromatic heterocycles. The summed E-state index contributed by atoms with van der Waals surface area (Å²) in [7, 11) is 0. The van der Waals surface area contributed by atoms with Gasteiger partial charge >= 0.3 is 5.97 Å². The van der Waals surface area contributed by atoms with Crippen molar-refractivity contribution in [3.63, 3.8) is 0 Å². The summed E-state index contributed by atoms with van der Waals surface area (Å²) in [6.07, 6.45) is 1.27. The minimum atomic E-state index is -0.827. The van der Waals surface area contributed by atoms with Gasteiger partial charge in [0, 0.05) is 14.6 Å². The normalized spacial score (nSPS) is 16.1. The van der Waals surface area contributed by atoms with Crippen molar-refractivity contribution >= 4 is 50.4 Å². The lowest BCUT2D eigenvalue weighted by molar-refractivity contribution is -0.143. The number of carbonyl (C=O) groups is 2. The summed E-state index contributed by atoms with van der Waals surface area (Å²) in [5.41, 5.74) is -0.168. The molecule has 0 aliphatic heterocycles. The number of hydrogen-bond donors (Lipinski definition) is 2. The Kier molecular flexibility index (Phi) is 3.96. The van der Waals surface area contributed by atoms with Crippen LogP contribution in [0.4, 0.5) is 0 Å². The Morgan fingerprint density at radius 2 is 2.11 bits per heavy atom. The summed E-state index contributed by atoms with van der Waals surface area (Å²) < 4.78 is 1.67. The fourth-order valence-corrected chi connectivity index (χ4v) is 2.57. The van der Waals surface area contributed by atoms with Crippen LogP contribution in [0.2, 0.25) is 0 Å². The van der Waals surface area contributed by atoms with Crippen LogP contribution < -0.4 is 5.32 Å². The van der Waals surface area contributed by atoms with Gasteiger partial charge in [0.15, 0.2) is 0 Å². The SMILES string of the molecule is O=C(NCC1(C(=O)O)CC1)c1cc(Br)ccc1I. The molecule has 0 atom stereocenters. The van der Waals surface area contributed by atoms with E-state index in [4.69, 9.17) is 5.11 Å². The van der Waals surface area contributed by atoms with E-state index < -0.39 is 11.4 Å². The summed E-state index contributed by atoms with van der Waals surface area (Å²) in [5, 5.41) is 11.7. The highest BCUT2D eigenvalue weighted by atomic mass is 127. The number of benzene rings is 1. The van der Waals surface area contributed by atoms with Gasteiger partial charge in [-0.3, -0.25) is 9.59 Å². The molecule has 1 fully saturated rings. The van der Waals surface area contributed by atoms with Gasteiger partial charge in [-0.2, -0.15) is 0 Å². The Bertz CT molecular complexity index is 514. The average molecular weight is 424 g/mol. The molecule has 96 valence electrons. The molecule has 2 N–H and O–H groups in total. The number of amides is 1. The van der Waals surface area contributed by atoms with Crippen LogP contribution in [-0.4, -0.2) is 23.5 Å². The van der Waals surface area contributed by atoms with E-state index in [0.717, 1.165) is 8.04 Å². The standard InChI is InChI=1S/C12H11BrINO3/c13-7-1-2-9(14)8(5-7)10(16)15-6-12(3-4-12)11(17)18/h1-2,5H,3-4,6H2,(H,15,16)(H,17,18). The van der Waals surface area contributed by atoms with Crippen molar-refractivity contribution in [1.29, 1.82) is 0 Å². The van der Waals surface area contributed by atoms with Crippen LogP contribution in [0.1, 0.15) is 23.2 Å². The molecule has 4 nitrogen and oxygen atoms in total. The molecule has 0 heterocycles. The molecule has 1 saturated carbocycles. The third-order valence-electron chi connectivity index (χ3n) is 3.07. The van der Waals surface area contributed by atoms with Crippen LogP contribution in [-0.2, 0) is 4.79 Å². The largest absolute Gasteiger partial charge is 0.481 e. The van der Waals surface area contributed by atoms with Crippen molar-refractivity contribution in [2.45, 2.75) is 12.8 Å². The molecule has 0 saturated heterocycles. The van der Waals surface area contributed by atoms with Crippen LogP contribution in [0, 0.1) is 8.99 Å². The van der Waals surface area contributed by atoms with Gasteiger partial charge in [0.25, 0.3) is 5.91 Å². The lowest BCUT2D eigenvalue weighted by atomic mass is 10.1. The van der Waals surface area contributed by atoms with Gasteiger partial charge in [0.2, 0.25) is 0 Å². The Morgan fingerprint density at radius 3 is 2.67 bits per heavy atom. The van der Waals surface area contributed by atoms with Gasteiger partial charge in [0.05, 0.1) is 11.0 Å². The van der Waals surface area contributed by atoms with Crippen molar-refractivity contribution < 1.29 is 14.7 Å². The molecule has 1 amide bonds. The first-order valence-corrected chi connectivity index (χ1v) is 7.28. The number of carbonyl (C=O) groups excluding carboxylic acids is 1. The van der Waals surface area contributed by atoms with Gasteiger partial charge in [-0.25, -0.2) is 0 Å². The second kappa shape index (κ2) is 5.16. The minimum Gasteiger partial charge on any atom is -0.481 e. The van der Waals surface area contributed by atoms with Crippen molar-refractivity contribution in [3.05, 3.63) is 31.8 Å². The van der Waals surface area contributed by atoms with Gasteiger partial charge in [0.1, 0.15) is 0 Å². The summed E-state index contributed by atoms with van der Waals surface area (Å²) in [6.45, 7) is 0.198. The zero-order chi connectivity index (χ0) is 13.3. The Labute approximate surface area is 126 Å². The predicted molar refractivity (Wildman–Crippen MR) is 78.5 cm³/mol. The van der Waals surface area contributed by atoms with Gasteiger partial charge in [-0.05, 0) is 53.6 Å². The summed E-state index contributed by atoms with van der Waals surface area (Å²) in [6, 6.07) is 5.43. The number of hydrogen-bond acceptors (Lipinski definition) is 2. The lowest BCUT2D eigenvalue weighted by Gasteiger charge is -2.12. The molecule has 1 aliphatic carbocycles. The molecule has 0 radical (unpaired) electrons. The second-order valence-electron chi connectivity index (χ2n) is 4.39. The number of carboxylic acid groups (broad SMARTS) is 1. The molecular formula is C12H11BrINO3. The van der Waals surface area contributed by atoms with Crippen molar-refractivity contribution in [1.82, 2.24) is 5.32 Å². The smallest absolute Gasteiger partial charge is 0.311 e. The van der Waals surface area contributed by atoms with Crippen molar-refractivity contribution in [3.8, 4) is 0 Å². The fourth-order valence-electron chi connectivity index (χ4n) is 1.63. The number of carboxylic acids is 1. The van der Waals surface area contributed by atoms with Crippen LogP contribution >= 0.6 is 38.5 Å². The van der Waals surface area contributed by atoms with E-state index in [-0.39, 0.29) is 12.5 Å². The third kappa shape index (κ3) is 2.85. The average Bonchev–Trinajstić information content (AvgIpc) is 3.10. The Morgan fingerprint density at radius 1 is 1.44 bits per heavy atom. The van der Waals surface area contributed by atoms with E-state index in [9.17, 15) is 9.59 Å². The highest BCUT2D eigenvalue weighted by Gasteiger charge is 2.50.